The lowest BCUT2D eigenvalue weighted by Crippen LogP contribution is -2.30. The van der Waals surface area contributed by atoms with Crippen molar-refractivity contribution in [2.24, 2.45) is 23.7 Å². The number of ether oxygens (including phenoxy) is 4. The van der Waals surface area contributed by atoms with Crippen molar-refractivity contribution >= 4 is 39.5 Å². The van der Waals surface area contributed by atoms with Crippen LogP contribution < -0.4 is 0 Å². The van der Waals surface area contributed by atoms with Crippen LogP contribution in [0.5, 0.6) is 0 Å². The quantitative estimate of drug-likeness (QED) is 0.0222. The minimum absolute atomic E-state index is 0.101. The van der Waals surface area contributed by atoms with E-state index in [4.69, 9.17) is 37.0 Å². The molecule has 0 saturated heterocycles. The van der Waals surface area contributed by atoms with Crippen LogP contribution in [0, 0.1) is 23.7 Å². The maximum atomic E-state index is 13.0. The molecule has 0 aromatic carbocycles. The fourth-order valence-electron chi connectivity index (χ4n) is 10.1. The summed E-state index contributed by atoms with van der Waals surface area (Å²) >= 11 is 0. The number of unbranched alkanes of at least 4 members (excludes halogenated alkanes) is 29. The molecule has 0 aliphatic heterocycles. The Morgan fingerprint density at radius 3 is 0.816 bits per heavy atom. The fraction of sp³-hybridized carbons (Fsp3) is 0.941. The van der Waals surface area contributed by atoms with Crippen molar-refractivity contribution < 1.29 is 80.2 Å². The molecule has 17 nitrogen and oxygen atoms in total. The Kier molecular flexibility index (Phi) is 56.6. The Labute approximate surface area is 530 Å². The summed E-state index contributed by atoms with van der Waals surface area (Å²) in [7, 11) is -9.90. The first kappa shape index (κ1) is 85.1. The van der Waals surface area contributed by atoms with Gasteiger partial charge < -0.3 is 33.8 Å². The minimum atomic E-state index is -4.95. The van der Waals surface area contributed by atoms with Crippen molar-refractivity contribution in [3.8, 4) is 0 Å². The topological polar surface area (TPSA) is 237 Å². The zero-order chi connectivity index (χ0) is 64.7. The van der Waals surface area contributed by atoms with Crippen molar-refractivity contribution in [3.05, 3.63) is 0 Å². The number of hydrogen-bond donors (Lipinski definition) is 3. The fourth-order valence-corrected chi connectivity index (χ4v) is 11.7. The molecule has 0 spiro atoms. The Balaban J connectivity index is 5.25. The predicted molar refractivity (Wildman–Crippen MR) is 349 cm³/mol. The van der Waals surface area contributed by atoms with E-state index < -0.39 is 97.5 Å². The first-order valence-corrected chi connectivity index (χ1v) is 38.3. The molecule has 0 fully saturated rings. The van der Waals surface area contributed by atoms with E-state index in [-0.39, 0.29) is 25.7 Å². The van der Waals surface area contributed by atoms with E-state index in [1.807, 2.05) is 0 Å². The number of aliphatic hydroxyl groups excluding tert-OH is 1. The number of phosphoric ester groups is 2. The van der Waals surface area contributed by atoms with Gasteiger partial charge in [0.25, 0.3) is 0 Å². The lowest BCUT2D eigenvalue weighted by molar-refractivity contribution is -0.161. The van der Waals surface area contributed by atoms with Crippen LogP contribution in [-0.2, 0) is 65.4 Å². The van der Waals surface area contributed by atoms with Gasteiger partial charge in [-0.2, -0.15) is 0 Å². The van der Waals surface area contributed by atoms with Gasteiger partial charge in [-0.3, -0.25) is 37.3 Å². The zero-order valence-corrected chi connectivity index (χ0v) is 58.4. The molecule has 0 aromatic heterocycles. The summed E-state index contributed by atoms with van der Waals surface area (Å²) in [6.45, 7) is 14.0. The van der Waals surface area contributed by atoms with Gasteiger partial charge in [-0.15, -0.1) is 0 Å². The second-order valence-electron chi connectivity index (χ2n) is 26.0. The van der Waals surface area contributed by atoms with Gasteiger partial charge in [0, 0.05) is 25.7 Å². The van der Waals surface area contributed by atoms with Crippen LogP contribution in [0.4, 0.5) is 0 Å². The van der Waals surface area contributed by atoms with Gasteiger partial charge in [0.05, 0.1) is 26.4 Å². The normalized spacial score (nSPS) is 15.0. The molecule has 0 rings (SSSR count). The van der Waals surface area contributed by atoms with Crippen LogP contribution in [0.2, 0.25) is 0 Å². The molecule has 0 aliphatic rings. The van der Waals surface area contributed by atoms with Crippen LogP contribution in [0.15, 0.2) is 0 Å². The number of phosphoric acid groups is 2. The molecule has 3 N–H and O–H groups in total. The molecule has 516 valence electrons. The second kappa shape index (κ2) is 57.9. The van der Waals surface area contributed by atoms with Gasteiger partial charge in [0.1, 0.15) is 19.3 Å². The highest BCUT2D eigenvalue weighted by atomic mass is 31.2. The van der Waals surface area contributed by atoms with Crippen molar-refractivity contribution in [2.45, 2.75) is 350 Å². The summed E-state index contributed by atoms with van der Waals surface area (Å²) in [6.07, 6.45) is 39.0. The smallest absolute Gasteiger partial charge is 0.462 e. The number of rotatable bonds is 65. The largest absolute Gasteiger partial charge is 0.472 e. The molecular formula is C68H132O17P2. The molecule has 19 heteroatoms. The minimum Gasteiger partial charge on any atom is -0.462 e. The van der Waals surface area contributed by atoms with Crippen molar-refractivity contribution in [1.82, 2.24) is 0 Å². The average Bonchev–Trinajstić information content (AvgIpc) is 3.68. The Bertz CT molecular complexity index is 1730. The average molecular weight is 1280 g/mol. The number of carbonyl (C=O) groups excluding carboxylic acids is 4. The summed E-state index contributed by atoms with van der Waals surface area (Å²) in [4.78, 5) is 72.4. The summed E-state index contributed by atoms with van der Waals surface area (Å²) < 4.78 is 68.1. The van der Waals surface area contributed by atoms with Crippen LogP contribution in [0.1, 0.15) is 331 Å². The first-order valence-electron chi connectivity index (χ1n) is 35.3. The summed E-state index contributed by atoms with van der Waals surface area (Å²) in [6, 6.07) is 0. The van der Waals surface area contributed by atoms with E-state index >= 15 is 0 Å². The highest BCUT2D eigenvalue weighted by Gasteiger charge is 2.30. The summed E-state index contributed by atoms with van der Waals surface area (Å²) in [5.41, 5.74) is 0. The van der Waals surface area contributed by atoms with Crippen LogP contribution in [-0.4, -0.2) is 96.7 Å². The molecule has 5 unspecified atom stereocenters. The van der Waals surface area contributed by atoms with Crippen LogP contribution >= 0.6 is 15.6 Å². The maximum Gasteiger partial charge on any atom is 0.472 e. The molecular weight excluding hydrogens is 1150 g/mol. The Morgan fingerprint density at radius 1 is 0.322 bits per heavy atom. The Hall–Kier alpha value is -1.94. The highest BCUT2D eigenvalue weighted by Crippen LogP contribution is 2.45. The van der Waals surface area contributed by atoms with Gasteiger partial charge in [0.15, 0.2) is 12.2 Å². The molecule has 0 aliphatic carbocycles. The zero-order valence-electron chi connectivity index (χ0n) is 56.6. The third kappa shape index (κ3) is 60.1. The molecule has 0 saturated carbocycles. The van der Waals surface area contributed by atoms with Crippen molar-refractivity contribution in [1.29, 1.82) is 0 Å². The number of aliphatic hydroxyl groups is 1. The Morgan fingerprint density at radius 2 is 0.552 bits per heavy atom. The number of hydrogen-bond acceptors (Lipinski definition) is 15. The van der Waals surface area contributed by atoms with Crippen molar-refractivity contribution in [2.75, 3.05) is 39.6 Å². The first-order chi connectivity index (χ1) is 41.7. The van der Waals surface area contributed by atoms with Gasteiger partial charge in [-0.05, 0) is 49.4 Å². The molecule has 0 radical (unpaired) electrons. The molecule has 0 amide bonds. The lowest BCUT2D eigenvalue weighted by Gasteiger charge is -2.21. The number of esters is 4. The maximum absolute atomic E-state index is 13.0. The lowest BCUT2D eigenvalue weighted by atomic mass is 9.99. The molecule has 0 aromatic rings. The van der Waals surface area contributed by atoms with Crippen LogP contribution in [0.25, 0.3) is 0 Å². The predicted octanol–water partition coefficient (Wildman–Crippen LogP) is 18.9. The number of carbonyl (C=O) groups is 4. The van der Waals surface area contributed by atoms with E-state index in [2.05, 4.69) is 55.4 Å². The van der Waals surface area contributed by atoms with E-state index in [0.29, 0.717) is 37.5 Å². The molecule has 0 heterocycles. The van der Waals surface area contributed by atoms with E-state index in [0.717, 1.165) is 108 Å². The summed E-state index contributed by atoms with van der Waals surface area (Å²) in [5.74, 6) is 0.850. The van der Waals surface area contributed by atoms with Gasteiger partial charge in [-0.1, -0.05) is 280 Å². The van der Waals surface area contributed by atoms with Gasteiger partial charge in [-0.25, -0.2) is 9.13 Å². The van der Waals surface area contributed by atoms with Crippen molar-refractivity contribution in [3.63, 3.8) is 0 Å². The van der Waals surface area contributed by atoms with Crippen LogP contribution in [0.3, 0.4) is 0 Å². The third-order valence-corrected chi connectivity index (χ3v) is 18.2. The van der Waals surface area contributed by atoms with Gasteiger partial charge >= 0.3 is 39.5 Å². The van der Waals surface area contributed by atoms with Gasteiger partial charge in [0.2, 0.25) is 0 Å². The SMILES string of the molecule is CCC(C)CCCCCCCCCCCCC(=O)OC[C@H](COP(=O)(O)OCC(O)COP(=O)(O)OC[C@@H](COC(=O)CCCCCCCCCC(C)C)OC(=O)CCCCCCCCC(C)C)OC(=O)CCCCCCCCCCCCC(C)CC. The standard InChI is InChI=1S/C68H132O17P2/c1-9-60(7)46-38-30-21-15-11-13-17-23-32-40-48-65(70)78-54-63(84-67(72)50-42-34-24-18-14-12-16-22-31-39-47-61(8)10-2)56-82-86(74,75)80-52-62(69)53-81-87(76,77)83-57-64(85-68(73)51-43-35-27-26-29-37-45-59(5)6)55-79-66(71)49-41-33-25-19-20-28-36-44-58(3)4/h58-64,69H,9-57H2,1-8H3,(H,74,75)(H,76,77)/t60?,61?,62?,63-,64-/m1/s1. The molecule has 0 bridgehead atoms. The second-order valence-corrected chi connectivity index (χ2v) is 28.9. The highest BCUT2D eigenvalue weighted by molar-refractivity contribution is 7.47. The van der Waals surface area contributed by atoms with E-state index in [9.17, 15) is 43.2 Å². The van der Waals surface area contributed by atoms with E-state index in [1.54, 1.807) is 0 Å². The summed E-state index contributed by atoms with van der Waals surface area (Å²) in [5, 5.41) is 10.6. The molecule has 7 atom stereocenters. The monoisotopic (exact) mass is 1280 g/mol. The third-order valence-electron chi connectivity index (χ3n) is 16.3. The van der Waals surface area contributed by atoms with E-state index in [1.165, 1.54) is 128 Å². The molecule has 87 heavy (non-hydrogen) atoms.